The fraction of sp³-hybridized carbons (Fsp3) is 0.500. The number of amides is 1. The Morgan fingerprint density at radius 1 is 1.37 bits per heavy atom. The van der Waals surface area contributed by atoms with Crippen molar-refractivity contribution < 1.29 is 9.18 Å². The molecule has 3 nitrogen and oxygen atoms in total. The lowest BCUT2D eigenvalue weighted by atomic mass is 9.82. The van der Waals surface area contributed by atoms with E-state index in [0.29, 0.717) is 5.56 Å². The third kappa shape index (κ3) is 3.54. The van der Waals surface area contributed by atoms with E-state index >= 15 is 0 Å². The molecule has 1 aliphatic carbocycles. The van der Waals surface area contributed by atoms with E-state index in [0.717, 1.165) is 36.6 Å². The van der Waals surface area contributed by atoms with E-state index in [4.69, 9.17) is 5.73 Å². The number of halogens is 2. The van der Waals surface area contributed by atoms with Crippen molar-refractivity contribution in [2.24, 2.45) is 5.73 Å². The van der Waals surface area contributed by atoms with Crippen LogP contribution in [0.2, 0.25) is 0 Å². The quantitative estimate of drug-likeness (QED) is 0.896. The zero-order valence-corrected chi connectivity index (χ0v) is 12.3. The maximum atomic E-state index is 13.1. The van der Waals surface area contributed by atoms with E-state index < -0.39 is 5.54 Å². The second-order valence-electron chi connectivity index (χ2n) is 5.14. The Kier molecular flexibility index (Phi) is 4.58. The van der Waals surface area contributed by atoms with Gasteiger partial charge in [-0.2, -0.15) is 0 Å². The van der Waals surface area contributed by atoms with Crippen LogP contribution in [0.4, 0.5) is 4.39 Å². The molecule has 0 saturated heterocycles. The van der Waals surface area contributed by atoms with Crippen molar-refractivity contribution in [3.63, 3.8) is 0 Å². The van der Waals surface area contributed by atoms with E-state index in [9.17, 15) is 9.18 Å². The van der Waals surface area contributed by atoms with Crippen molar-refractivity contribution in [2.75, 3.05) is 0 Å². The van der Waals surface area contributed by atoms with Crippen LogP contribution in [0.15, 0.2) is 22.7 Å². The van der Waals surface area contributed by atoms with Gasteiger partial charge in [0.05, 0.1) is 5.54 Å². The van der Waals surface area contributed by atoms with Gasteiger partial charge in [0.25, 0.3) is 0 Å². The molecule has 1 saturated carbocycles. The summed E-state index contributed by atoms with van der Waals surface area (Å²) in [5.41, 5.74) is 6.10. The number of hydrogen-bond donors (Lipinski definition) is 2. The molecule has 0 radical (unpaired) electrons. The molecule has 0 aromatic heterocycles. The Bertz CT molecular complexity index is 473. The second kappa shape index (κ2) is 6.01. The lowest BCUT2D eigenvalue weighted by Gasteiger charge is -2.31. The van der Waals surface area contributed by atoms with Crippen LogP contribution in [-0.4, -0.2) is 11.4 Å². The molecule has 0 spiro atoms. The number of carbonyl (C=O) groups is 1. The minimum Gasteiger partial charge on any atom is -0.350 e. The monoisotopic (exact) mass is 328 g/mol. The van der Waals surface area contributed by atoms with Crippen LogP contribution in [0.1, 0.15) is 37.7 Å². The van der Waals surface area contributed by atoms with Crippen LogP contribution in [0, 0.1) is 5.82 Å². The van der Waals surface area contributed by atoms with E-state index in [1.165, 1.54) is 12.1 Å². The number of rotatable bonds is 3. The number of nitrogens with one attached hydrogen (secondary N) is 1. The first-order valence-corrected chi connectivity index (χ1v) is 7.32. The third-order valence-corrected chi connectivity index (χ3v) is 4.42. The molecule has 104 valence electrons. The Morgan fingerprint density at radius 3 is 2.74 bits per heavy atom. The summed E-state index contributed by atoms with van der Waals surface area (Å²) in [7, 11) is 0. The molecule has 3 N–H and O–H groups in total. The average molecular weight is 329 g/mol. The normalized spacial score (nSPS) is 18.1. The Balaban J connectivity index is 1.98. The van der Waals surface area contributed by atoms with E-state index in [1.54, 1.807) is 6.07 Å². The maximum Gasteiger partial charge on any atom is 0.240 e. The van der Waals surface area contributed by atoms with Gasteiger partial charge in [0.1, 0.15) is 5.82 Å². The Labute approximate surface area is 120 Å². The first kappa shape index (κ1) is 14.5. The lowest BCUT2D eigenvalue weighted by molar-refractivity contribution is -0.127. The standard InChI is InChI=1S/C14H18BrFN2O/c15-12-5-4-11(16)8-10(12)9-18-13(19)14(17)6-2-1-3-7-14/h4-5,8H,1-3,6-7,9,17H2,(H,18,19). The third-order valence-electron chi connectivity index (χ3n) is 3.65. The van der Waals surface area contributed by atoms with E-state index in [-0.39, 0.29) is 18.3 Å². The first-order valence-electron chi connectivity index (χ1n) is 6.52. The molecule has 0 heterocycles. The molecule has 0 unspecified atom stereocenters. The zero-order valence-electron chi connectivity index (χ0n) is 10.7. The molecular weight excluding hydrogens is 311 g/mol. The molecule has 1 aromatic carbocycles. The van der Waals surface area contributed by atoms with Crippen LogP contribution in [-0.2, 0) is 11.3 Å². The summed E-state index contributed by atoms with van der Waals surface area (Å²) in [5.74, 6) is -0.448. The Hall–Kier alpha value is -0.940. The largest absolute Gasteiger partial charge is 0.350 e. The minimum absolute atomic E-state index is 0.136. The fourth-order valence-electron chi connectivity index (χ4n) is 2.44. The van der Waals surface area contributed by atoms with Crippen molar-refractivity contribution in [1.29, 1.82) is 0 Å². The minimum atomic E-state index is -0.752. The van der Waals surface area contributed by atoms with Crippen molar-refractivity contribution in [2.45, 2.75) is 44.2 Å². The SMILES string of the molecule is NC1(C(=O)NCc2cc(F)ccc2Br)CCCCC1. The van der Waals surface area contributed by atoms with E-state index in [1.807, 2.05) is 0 Å². The van der Waals surface area contributed by atoms with Crippen LogP contribution in [0.3, 0.4) is 0 Å². The summed E-state index contributed by atoms with van der Waals surface area (Å²) in [6, 6.07) is 4.42. The molecule has 1 fully saturated rings. The van der Waals surface area contributed by atoms with Gasteiger partial charge in [-0.3, -0.25) is 4.79 Å². The van der Waals surface area contributed by atoms with Crippen molar-refractivity contribution in [3.8, 4) is 0 Å². The molecule has 1 aromatic rings. The van der Waals surface area contributed by atoms with Crippen molar-refractivity contribution in [1.82, 2.24) is 5.32 Å². The van der Waals surface area contributed by atoms with Crippen LogP contribution >= 0.6 is 15.9 Å². The number of hydrogen-bond acceptors (Lipinski definition) is 2. The highest BCUT2D eigenvalue weighted by Crippen LogP contribution is 2.26. The number of benzene rings is 1. The topological polar surface area (TPSA) is 55.1 Å². The average Bonchev–Trinajstić information content (AvgIpc) is 2.40. The zero-order chi connectivity index (χ0) is 13.9. The highest BCUT2D eigenvalue weighted by atomic mass is 79.9. The summed E-state index contributed by atoms with van der Waals surface area (Å²) < 4.78 is 13.9. The molecule has 1 aliphatic rings. The van der Waals surface area contributed by atoms with Crippen LogP contribution in [0.25, 0.3) is 0 Å². The smallest absolute Gasteiger partial charge is 0.240 e. The first-order chi connectivity index (χ1) is 9.01. The molecule has 2 rings (SSSR count). The van der Waals surface area contributed by atoms with Gasteiger partial charge in [-0.25, -0.2) is 4.39 Å². The predicted octanol–water partition coefficient (Wildman–Crippen LogP) is 2.87. The van der Waals surface area contributed by atoms with Gasteiger partial charge in [0.15, 0.2) is 0 Å². The summed E-state index contributed by atoms with van der Waals surface area (Å²) in [6.45, 7) is 0.288. The second-order valence-corrected chi connectivity index (χ2v) is 5.99. The molecule has 1 amide bonds. The van der Waals surface area contributed by atoms with Gasteiger partial charge in [0, 0.05) is 11.0 Å². The molecule has 0 atom stereocenters. The lowest BCUT2D eigenvalue weighted by Crippen LogP contribution is -2.54. The molecule has 0 aliphatic heterocycles. The van der Waals surface area contributed by atoms with Gasteiger partial charge in [-0.1, -0.05) is 35.2 Å². The molecular formula is C14H18BrFN2O. The molecule has 5 heteroatoms. The number of nitrogens with two attached hydrogens (primary N) is 1. The number of carbonyl (C=O) groups excluding carboxylic acids is 1. The van der Waals surface area contributed by atoms with Gasteiger partial charge < -0.3 is 11.1 Å². The van der Waals surface area contributed by atoms with Crippen LogP contribution < -0.4 is 11.1 Å². The van der Waals surface area contributed by atoms with Gasteiger partial charge in [-0.15, -0.1) is 0 Å². The highest BCUT2D eigenvalue weighted by Gasteiger charge is 2.34. The maximum absolute atomic E-state index is 13.1. The summed E-state index contributed by atoms with van der Waals surface area (Å²) in [4.78, 5) is 12.1. The fourth-order valence-corrected chi connectivity index (χ4v) is 2.83. The summed E-state index contributed by atoms with van der Waals surface area (Å²) in [6.07, 6.45) is 4.58. The van der Waals surface area contributed by atoms with Crippen molar-refractivity contribution in [3.05, 3.63) is 34.1 Å². The summed E-state index contributed by atoms with van der Waals surface area (Å²) >= 11 is 3.34. The summed E-state index contributed by atoms with van der Waals surface area (Å²) in [5, 5.41) is 2.82. The Morgan fingerprint density at radius 2 is 2.05 bits per heavy atom. The molecule has 19 heavy (non-hydrogen) atoms. The highest BCUT2D eigenvalue weighted by molar-refractivity contribution is 9.10. The van der Waals surface area contributed by atoms with E-state index in [2.05, 4.69) is 21.2 Å². The molecule has 0 bridgehead atoms. The van der Waals surface area contributed by atoms with Crippen LogP contribution in [0.5, 0.6) is 0 Å². The predicted molar refractivity (Wildman–Crippen MR) is 76.0 cm³/mol. The van der Waals surface area contributed by atoms with Gasteiger partial charge >= 0.3 is 0 Å². The van der Waals surface area contributed by atoms with Crippen molar-refractivity contribution >= 4 is 21.8 Å². The van der Waals surface area contributed by atoms with Gasteiger partial charge in [-0.05, 0) is 36.6 Å². The van der Waals surface area contributed by atoms with Gasteiger partial charge in [0.2, 0.25) is 5.91 Å².